The number of aryl methyl sites for hydroxylation is 1. The summed E-state index contributed by atoms with van der Waals surface area (Å²) in [5.74, 6) is 0.201. The van der Waals surface area contributed by atoms with Crippen molar-refractivity contribution in [3.8, 4) is 0 Å². The van der Waals surface area contributed by atoms with E-state index >= 15 is 0 Å². The van der Waals surface area contributed by atoms with Crippen LogP contribution in [0.3, 0.4) is 0 Å². The van der Waals surface area contributed by atoms with Gasteiger partial charge in [0, 0.05) is 31.2 Å². The van der Waals surface area contributed by atoms with Crippen molar-refractivity contribution in [1.29, 1.82) is 0 Å². The second-order valence-corrected chi connectivity index (χ2v) is 8.08. The molecule has 0 aliphatic carbocycles. The summed E-state index contributed by atoms with van der Waals surface area (Å²) in [4.78, 5) is 15.4. The third-order valence-corrected chi connectivity index (χ3v) is 6.20. The van der Waals surface area contributed by atoms with Crippen LogP contribution >= 0.6 is 0 Å². The van der Waals surface area contributed by atoms with Crippen LogP contribution in [0.1, 0.15) is 73.2 Å². The molecule has 24 heavy (non-hydrogen) atoms. The van der Waals surface area contributed by atoms with Gasteiger partial charge in [-0.15, -0.1) is 0 Å². The van der Waals surface area contributed by atoms with Gasteiger partial charge >= 0.3 is 0 Å². The average molecular weight is 331 g/mol. The maximum Gasteiger partial charge on any atom is 0.257 e. The highest BCUT2D eigenvalue weighted by atomic mass is 16.5. The van der Waals surface area contributed by atoms with E-state index in [-0.39, 0.29) is 11.3 Å². The van der Waals surface area contributed by atoms with Crippen LogP contribution in [0, 0.1) is 12.3 Å². The van der Waals surface area contributed by atoms with Crippen LogP contribution in [0.25, 0.3) is 0 Å². The predicted molar refractivity (Wildman–Crippen MR) is 92.2 cm³/mol. The zero-order valence-corrected chi connectivity index (χ0v) is 15.0. The third-order valence-electron chi connectivity index (χ3n) is 6.20. The molecular weight excluding hydrogens is 302 g/mol. The summed E-state index contributed by atoms with van der Waals surface area (Å²) in [6.07, 6.45) is 7.90. The van der Waals surface area contributed by atoms with E-state index < -0.39 is 0 Å². The quantitative estimate of drug-likeness (QED) is 0.794. The first-order valence-corrected chi connectivity index (χ1v) is 9.55. The number of amides is 1. The van der Waals surface area contributed by atoms with Crippen molar-refractivity contribution in [3.63, 3.8) is 0 Å². The Hall–Kier alpha value is -1.36. The van der Waals surface area contributed by atoms with Gasteiger partial charge in [0.15, 0.2) is 0 Å². The van der Waals surface area contributed by atoms with Gasteiger partial charge in [0.05, 0.1) is 23.6 Å². The Kier molecular flexibility index (Phi) is 4.15. The Morgan fingerprint density at radius 1 is 1.29 bits per heavy atom. The van der Waals surface area contributed by atoms with E-state index in [0.717, 1.165) is 75.4 Å². The van der Waals surface area contributed by atoms with Crippen molar-refractivity contribution in [1.82, 2.24) is 14.7 Å². The Morgan fingerprint density at radius 2 is 2.12 bits per heavy atom. The molecule has 4 rings (SSSR count). The number of likely N-dealkylation sites (tertiary alicyclic amines) is 1. The fourth-order valence-corrected chi connectivity index (χ4v) is 4.94. The highest BCUT2D eigenvalue weighted by Gasteiger charge is 2.40. The zero-order valence-electron chi connectivity index (χ0n) is 15.0. The van der Waals surface area contributed by atoms with Crippen LogP contribution in [-0.2, 0) is 11.2 Å². The normalized spacial score (nSPS) is 30.4. The molecule has 0 radical (unpaired) electrons. The molecule has 2 unspecified atom stereocenters. The van der Waals surface area contributed by atoms with Crippen LogP contribution in [0.4, 0.5) is 0 Å². The predicted octanol–water partition coefficient (Wildman–Crippen LogP) is 3.12. The van der Waals surface area contributed by atoms with Crippen molar-refractivity contribution >= 4 is 5.91 Å². The maximum absolute atomic E-state index is 13.3. The van der Waals surface area contributed by atoms with E-state index in [9.17, 15) is 4.79 Å². The van der Waals surface area contributed by atoms with Gasteiger partial charge in [-0.2, -0.15) is 5.10 Å². The van der Waals surface area contributed by atoms with E-state index in [0.29, 0.717) is 6.04 Å². The van der Waals surface area contributed by atoms with Gasteiger partial charge in [0.1, 0.15) is 0 Å². The first kappa shape index (κ1) is 16.1. The molecule has 132 valence electrons. The summed E-state index contributed by atoms with van der Waals surface area (Å²) in [7, 11) is 0. The molecule has 2 fully saturated rings. The van der Waals surface area contributed by atoms with Gasteiger partial charge < -0.3 is 9.64 Å². The molecule has 5 heteroatoms. The summed E-state index contributed by atoms with van der Waals surface area (Å²) in [5, 5.41) is 4.70. The number of hydrogen-bond acceptors (Lipinski definition) is 3. The third kappa shape index (κ3) is 2.67. The van der Waals surface area contributed by atoms with Crippen molar-refractivity contribution < 1.29 is 9.53 Å². The van der Waals surface area contributed by atoms with Crippen LogP contribution in [0.15, 0.2) is 0 Å². The fraction of sp³-hybridized carbons (Fsp3) is 0.789. The minimum absolute atomic E-state index is 0.195. The monoisotopic (exact) mass is 331 g/mol. The molecule has 1 aromatic heterocycles. The molecule has 3 aliphatic heterocycles. The molecule has 0 N–H and O–H groups in total. The minimum atomic E-state index is 0.195. The Labute approximate surface area is 144 Å². The van der Waals surface area contributed by atoms with Gasteiger partial charge in [-0.1, -0.05) is 0 Å². The molecule has 5 nitrogen and oxygen atoms in total. The van der Waals surface area contributed by atoms with Gasteiger partial charge in [-0.3, -0.25) is 9.48 Å². The second kappa shape index (κ2) is 6.17. The van der Waals surface area contributed by atoms with Crippen LogP contribution < -0.4 is 0 Å². The van der Waals surface area contributed by atoms with Crippen LogP contribution in [-0.4, -0.2) is 46.9 Å². The largest absolute Gasteiger partial charge is 0.381 e. The van der Waals surface area contributed by atoms with Crippen molar-refractivity contribution in [2.24, 2.45) is 5.41 Å². The summed E-state index contributed by atoms with van der Waals surface area (Å²) >= 11 is 0. The zero-order chi connectivity index (χ0) is 16.7. The molecule has 1 aromatic rings. The number of carbonyl (C=O) groups is 1. The lowest BCUT2D eigenvalue weighted by atomic mass is 9.75. The number of rotatable bonds is 1. The molecule has 2 saturated heterocycles. The lowest BCUT2D eigenvalue weighted by Crippen LogP contribution is -2.49. The molecule has 1 amide bonds. The van der Waals surface area contributed by atoms with Crippen molar-refractivity contribution in [2.45, 2.75) is 64.8 Å². The number of aromatic nitrogens is 2. The summed E-state index contributed by atoms with van der Waals surface area (Å²) in [6.45, 7) is 7.63. The lowest BCUT2D eigenvalue weighted by Gasteiger charge is -2.45. The average Bonchev–Trinajstić information content (AvgIpc) is 2.92. The molecule has 0 bridgehead atoms. The number of ether oxygens (including phenoxy) is 1. The topological polar surface area (TPSA) is 47.4 Å². The van der Waals surface area contributed by atoms with Gasteiger partial charge in [0.25, 0.3) is 5.91 Å². The SMILES string of the molecule is Cc1nn2c(c1C(=O)N1CCCC3(CCCOC3)C1)CCCC2C. The van der Waals surface area contributed by atoms with E-state index in [1.165, 1.54) is 12.8 Å². The molecular formula is C19H29N3O2. The van der Waals surface area contributed by atoms with Crippen LogP contribution in [0.2, 0.25) is 0 Å². The van der Waals surface area contributed by atoms with Gasteiger partial charge in [-0.05, 0) is 58.8 Å². The number of piperidine rings is 1. The fourth-order valence-electron chi connectivity index (χ4n) is 4.94. The molecule has 4 heterocycles. The smallest absolute Gasteiger partial charge is 0.257 e. The van der Waals surface area contributed by atoms with E-state index in [1.54, 1.807) is 0 Å². The second-order valence-electron chi connectivity index (χ2n) is 8.08. The highest BCUT2D eigenvalue weighted by Crippen LogP contribution is 2.38. The van der Waals surface area contributed by atoms with Crippen molar-refractivity contribution in [3.05, 3.63) is 17.0 Å². The number of hydrogen-bond donors (Lipinski definition) is 0. The number of carbonyl (C=O) groups excluding carboxylic acids is 1. The van der Waals surface area contributed by atoms with Gasteiger partial charge in [0.2, 0.25) is 0 Å². The molecule has 0 aromatic carbocycles. The standard InChI is InChI=1S/C19H29N3O2/c1-14-6-3-7-16-17(15(2)20-22(14)16)18(23)21-10-4-8-19(12-21)9-5-11-24-13-19/h14H,3-13H2,1-2H3. The summed E-state index contributed by atoms with van der Waals surface area (Å²) < 4.78 is 7.86. The molecule has 0 saturated carbocycles. The summed E-state index contributed by atoms with van der Waals surface area (Å²) in [6, 6.07) is 0.411. The van der Waals surface area contributed by atoms with E-state index in [4.69, 9.17) is 9.84 Å². The maximum atomic E-state index is 13.3. The number of nitrogens with zero attached hydrogens (tertiary/aromatic N) is 3. The highest BCUT2D eigenvalue weighted by molar-refractivity contribution is 5.96. The lowest BCUT2D eigenvalue weighted by molar-refractivity contribution is -0.0434. The Morgan fingerprint density at radius 3 is 2.92 bits per heavy atom. The van der Waals surface area contributed by atoms with Crippen molar-refractivity contribution in [2.75, 3.05) is 26.3 Å². The molecule has 1 spiro atoms. The number of fused-ring (bicyclic) bond motifs is 1. The molecule has 3 aliphatic rings. The Balaban J connectivity index is 1.60. The first-order valence-electron chi connectivity index (χ1n) is 9.55. The summed E-state index contributed by atoms with van der Waals surface area (Å²) in [5.41, 5.74) is 3.15. The van der Waals surface area contributed by atoms with Crippen LogP contribution in [0.5, 0.6) is 0 Å². The Bertz CT molecular complexity index is 625. The molecule has 2 atom stereocenters. The van der Waals surface area contributed by atoms with Gasteiger partial charge in [-0.25, -0.2) is 0 Å². The van der Waals surface area contributed by atoms with E-state index in [1.807, 2.05) is 6.92 Å². The van der Waals surface area contributed by atoms with E-state index in [2.05, 4.69) is 16.5 Å². The first-order chi connectivity index (χ1) is 11.6. The minimum Gasteiger partial charge on any atom is -0.381 e.